The van der Waals surface area contributed by atoms with Gasteiger partial charge in [-0.15, -0.1) is 12.3 Å². The SMILES string of the molecule is C#CCCOCCS[S]. The smallest absolute Gasteiger partial charge is 0.0575 e. The van der Waals surface area contributed by atoms with Gasteiger partial charge in [-0.05, 0) is 11.7 Å². The predicted octanol–water partition coefficient (Wildman–Crippen LogP) is 1.87. The molecule has 0 aromatic rings. The van der Waals surface area contributed by atoms with Crippen LogP contribution in [0, 0.1) is 12.3 Å². The molecule has 0 saturated heterocycles. The summed E-state index contributed by atoms with van der Waals surface area (Å²) in [5.41, 5.74) is 0. The maximum Gasteiger partial charge on any atom is 0.0575 e. The van der Waals surface area contributed by atoms with Crippen LogP contribution in [0.15, 0.2) is 0 Å². The highest BCUT2D eigenvalue weighted by molar-refractivity contribution is 8.68. The maximum atomic E-state index is 5.08. The summed E-state index contributed by atoms with van der Waals surface area (Å²) < 4.78 is 5.08. The van der Waals surface area contributed by atoms with Crippen molar-refractivity contribution in [2.75, 3.05) is 19.0 Å². The van der Waals surface area contributed by atoms with E-state index in [4.69, 9.17) is 11.2 Å². The molecule has 1 nitrogen and oxygen atoms in total. The predicted molar refractivity (Wildman–Crippen MR) is 44.3 cm³/mol. The van der Waals surface area contributed by atoms with Gasteiger partial charge in [0.1, 0.15) is 0 Å². The summed E-state index contributed by atoms with van der Waals surface area (Å²) in [5, 5.41) is 0. The van der Waals surface area contributed by atoms with Gasteiger partial charge in [-0.25, -0.2) is 0 Å². The van der Waals surface area contributed by atoms with Crippen LogP contribution in [0.5, 0.6) is 0 Å². The van der Waals surface area contributed by atoms with Gasteiger partial charge >= 0.3 is 0 Å². The largest absolute Gasteiger partial charge is 0.380 e. The van der Waals surface area contributed by atoms with Gasteiger partial charge in [0.15, 0.2) is 0 Å². The lowest BCUT2D eigenvalue weighted by Crippen LogP contribution is -1.96. The molecule has 0 saturated carbocycles. The number of hydrogen-bond donors (Lipinski definition) is 0. The van der Waals surface area contributed by atoms with Crippen molar-refractivity contribution in [1.82, 2.24) is 0 Å². The van der Waals surface area contributed by atoms with Gasteiger partial charge in [0.25, 0.3) is 0 Å². The first kappa shape index (κ1) is 9.22. The van der Waals surface area contributed by atoms with Crippen molar-refractivity contribution in [3.05, 3.63) is 0 Å². The first-order chi connectivity index (χ1) is 4.41. The van der Waals surface area contributed by atoms with E-state index in [1.54, 1.807) is 0 Å². The van der Waals surface area contributed by atoms with Gasteiger partial charge in [0.05, 0.1) is 13.2 Å². The van der Waals surface area contributed by atoms with Crippen LogP contribution in [-0.4, -0.2) is 19.0 Å². The van der Waals surface area contributed by atoms with Crippen LogP contribution in [0.3, 0.4) is 0 Å². The molecule has 0 rings (SSSR count). The van der Waals surface area contributed by atoms with Gasteiger partial charge in [-0.1, -0.05) is 10.8 Å². The van der Waals surface area contributed by atoms with Crippen molar-refractivity contribution in [2.45, 2.75) is 6.42 Å². The third-order valence-electron chi connectivity index (χ3n) is 0.702. The molecule has 0 aliphatic carbocycles. The molecule has 0 amide bonds. The normalized spacial score (nSPS) is 8.89. The number of ether oxygens (including phenoxy) is 1. The molecule has 0 aromatic carbocycles. The topological polar surface area (TPSA) is 9.23 Å². The molecule has 0 heterocycles. The van der Waals surface area contributed by atoms with Crippen molar-refractivity contribution >= 4 is 22.5 Å². The second kappa shape index (κ2) is 8.22. The van der Waals surface area contributed by atoms with Crippen LogP contribution in [0.2, 0.25) is 0 Å². The Balaban J connectivity index is 2.69. The van der Waals surface area contributed by atoms with Crippen molar-refractivity contribution in [3.8, 4) is 12.3 Å². The molecule has 3 heteroatoms. The summed E-state index contributed by atoms with van der Waals surface area (Å²) >= 11 is 4.63. The van der Waals surface area contributed by atoms with E-state index in [0.29, 0.717) is 13.0 Å². The van der Waals surface area contributed by atoms with Crippen molar-refractivity contribution < 1.29 is 4.74 Å². The monoisotopic (exact) mass is 161 g/mol. The molecule has 0 unspecified atom stereocenters. The highest BCUT2D eigenvalue weighted by Gasteiger charge is 1.84. The summed E-state index contributed by atoms with van der Waals surface area (Å²) in [6.07, 6.45) is 5.68. The quantitative estimate of drug-likeness (QED) is 0.346. The maximum absolute atomic E-state index is 5.08. The van der Waals surface area contributed by atoms with Crippen molar-refractivity contribution in [3.63, 3.8) is 0 Å². The fourth-order valence-corrected chi connectivity index (χ4v) is 0.716. The molecule has 0 bridgehead atoms. The zero-order chi connectivity index (χ0) is 6.95. The van der Waals surface area contributed by atoms with Gasteiger partial charge in [-0.2, -0.15) is 0 Å². The van der Waals surface area contributed by atoms with Crippen LogP contribution < -0.4 is 0 Å². The number of terminal acetylenes is 1. The third kappa shape index (κ3) is 8.22. The summed E-state index contributed by atoms with van der Waals surface area (Å²) in [7, 11) is 1.37. The molecule has 1 radical (unpaired) electrons. The van der Waals surface area contributed by atoms with Crippen molar-refractivity contribution in [2.24, 2.45) is 0 Å². The fraction of sp³-hybridized carbons (Fsp3) is 0.667. The Bertz CT molecular complexity index is 87.5. The van der Waals surface area contributed by atoms with Gasteiger partial charge in [0, 0.05) is 12.2 Å². The second-order valence-electron chi connectivity index (χ2n) is 1.39. The lowest BCUT2D eigenvalue weighted by molar-refractivity contribution is 0.156. The van der Waals surface area contributed by atoms with E-state index < -0.39 is 0 Å². The Labute approximate surface area is 65.4 Å². The first-order valence-corrected chi connectivity index (χ1v) is 4.59. The van der Waals surface area contributed by atoms with E-state index in [2.05, 4.69) is 17.6 Å². The Kier molecular flexibility index (Phi) is 8.42. The van der Waals surface area contributed by atoms with Gasteiger partial charge < -0.3 is 4.74 Å². The van der Waals surface area contributed by atoms with Crippen LogP contribution >= 0.6 is 22.5 Å². The zero-order valence-electron chi connectivity index (χ0n) is 5.13. The van der Waals surface area contributed by atoms with Crippen LogP contribution in [-0.2, 0) is 4.74 Å². The Morgan fingerprint density at radius 2 is 2.33 bits per heavy atom. The van der Waals surface area contributed by atoms with Crippen LogP contribution in [0.4, 0.5) is 0 Å². The molecular formula is C6H9OS2. The van der Waals surface area contributed by atoms with Crippen LogP contribution in [0.25, 0.3) is 0 Å². The average molecular weight is 161 g/mol. The van der Waals surface area contributed by atoms with E-state index in [-0.39, 0.29) is 0 Å². The van der Waals surface area contributed by atoms with Crippen LogP contribution in [0.1, 0.15) is 6.42 Å². The summed E-state index contributed by atoms with van der Waals surface area (Å²) in [4.78, 5) is 0. The lowest BCUT2D eigenvalue weighted by atomic mass is 10.5. The standard InChI is InChI=1S/C6H9OS2/c1-2-3-4-7-5-6-9-8/h1H,3-6H2. The van der Waals surface area contributed by atoms with E-state index in [0.717, 1.165) is 12.4 Å². The van der Waals surface area contributed by atoms with Crippen molar-refractivity contribution in [1.29, 1.82) is 0 Å². The zero-order valence-corrected chi connectivity index (χ0v) is 6.76. The number of hydrogen-bond acceptors (Lipinski definition) is 2. The fourth-order valence-electron chi connectivity index (χ4n) is 0.326. The molecule has 0 atom stereocenters. The molecular weight excluding hydrogens is 152 g/mol. The number of rotatable bonds is 5. The minimum atomic E-state index is 0.659. The Morgan fingerprint density at radius 3 is 2.89 bits per heavy atom. The van der Waals surface area contributed by atoms with E-state index in [1.165, 1.54) is 10.8 Å². The molecule has 51 valence electrons. The Hall–Kier alpha value is 0.220. The molecule has 9 heavy (non-hydrogen) atoms. The molecule has 0 aliphatic heterocycles. The minimum absolute atomic E-state index is 0.659. The molecule has 0 fully saturated rings. The molecule has 0 aromatic heterocycles. The van der Waals surface area contributed by atoms with E-state index in [1.807, 2.05) is 0 Å². The summed E-state index contributed by atoms with van der Waals surface area (Å²) in [6, 6.07) is 0. The molecule has 0 spiro atoms. The molecule has 0 N–H and O–H groups in total. The Morgan fingerprint density at radius 1 is 1.56 bits per heavy atom. The summed E-state index contributed by atoms with van der Waals surface area (Å²) in [6.45, 7) is 1.38. The van der Waals surface area contributed by atoms with Gasteiger partial charge in [0.2, 0.25) is 0 Å². The third-order valence-corrected chi connectivity index (χ3v) is 1.54. The summed E-state index contributed by atoms with van der Waals surface area (Å²) in [5.74, 6) is 3.36. The first-order valence-electron chi connectivity index (χ1n) is 2.67. The molecule has 0 aliphatic rings. The van der Waals surface area contributed by atoms with Gasteiger partial charge in [-0.3, -0.25) is 0 Å². The lowest BCUT2D eigenvalue weighted by Gasteiger charge is -1.96. The second-order valence-corrected chi connectivity index (χ2v) is 2.74. The average Bonchev–Trinajstić information content (AvgIpc) is 1.89. The van der Waals surface area contributed by atoms with E-state index >= 15 is 0 Å². The highest BCUT2D eigenvalue weighted by atomic mass is 33.1. The highest BCUT2D eigenvalue weighted by Crippen LogP contribution is 2.02. The minimum Gasteiger partial charge on any atom is -0.380 e. The van der Waals surface area contributed by atoms with E-state index in [9.17, 15) is 0 Å².